The summed E-state index contributed by atoms with van der Waals surface area (Å²) < 4.78 is 37.1. The monoisotopic (exact) mass is 597 g/mol. The molecule has 41 heavy (non-hydrogen) atoms. The van der Waals surface area contributed by atoms with Gasteiger partial charge in [0.25, 0.3) is 0 Å². The van der Waals surface area contributed by atoms with E-state index in [0.717, 1.165) is 11.4 Å². The van der Waals surface area contributed by atoms with Crippen molar-refractivity contribution in [1.82, 2.24) is 4.90 Å². The number of carbonyl (C=O) groups is 2. The molecule has 1 aliphatic heterocycles. The molecule has 0 fully saturated rings. The Hall–Kier alpha value is -3.10. The maximum absolute atomic E-state index is 13.9. The van der Waals surface area contributed by atoms with E-state index in [0.29, 0.717) is 48.9 Å². The van der Waals surface area contributed by atoms with E-state index < -0.39 is 16.0 Å². The number of methoxy groups -OCH3 is 1. The molecule has 0 bridgehead atoms. The Balaban J connectivity index is 1.70. The van der Waals surface area contributed by atoms with Gasteiger partial charge < -0.3 is 13.8 Å². The summed E-state index contributed by atoms with van der Waals surface area (Å²) in [6.45, 7) is 11.1. The molecule has 0 amide bonds. The second kappa shape index (κ2) is 10.3. The molecule has 0 unspecified atom stereocenters. The summed E-state index contributed by atoms with van der Waals surface area (Å²) in [6.07, 6.45) is 2.13. The number of benzene rings is 2. The third kappa shape index (κ3) is 5.32. The Morgan fingerprint density at radius 2 is 1.44 bits per heavy atom. The number of Topliss-reactive ketones (excluding diaryl/α,β-unsaturated/α-hetero) is 2. The van der Waals surface area contributed by atoms with Crippen molar-refractivity contribution in [3.8, 4) is 11.5 Å². The molecule has 0 saturated carbocycles. The molecule has 0 atom stereocenters. The van der Waals surface area contributed by atoms with Gasteiger partial charge in [0.05, 0.1) is 12.1 Å². The van der Waals surface area contributed by atoms with Crippen molar-refractivity contribution in [2.45, 2.75) is 71.1 Å². The molecule has 0 radical (unpaired) electrons. The molecule has 1 heterocycles. The van der Waals surface area contributed by atoms with Crippen molar-refractivity contribution in [2.75, 3.05) is 13.7 Å². The lowest BCUT2D eigenvalue weighted by Gasteiger charge is -2.49. The zero-order valence-corrected chi connectivity index (χ0v) is 25.9. The highest BCUT2D eigenvalue weighted by Gasteiger charge is 2.49. The van der Waals surface area contributed by atoms with E-state index in [1.54, 1.807) is 30.3 Å². The van der Waals surface area contributed by atoms with Gasteiger partial charge in [0.15, 0.2) is 17.3 Å². The van der Waals surface area contributed by atoms with E-state index in [-0.39, 0.29) is 43.8 Å². The molecular formula is C32H36ClNO6S. The smallest absolute Gasteiger partial charge is 0.339 e. The number of halogens is 1. The third-order valence-corrected chi connectivity index (χ3v) is 9.66. The van der Waals surface area contributed by atoms with Crippen LogP contribution in [0.15, 0.2) is 69.9 Å². The summed E-state index contributed by atoms with van der Waals surface area (Å²) in [5.41, 5.74) is 3.27. The van der Waals surface area contributed by atoms with Gasteiger partial charge >= 0.3 is 10.1 Å². The van der Waals surface area contributed by atoms with Gasteiger partial charge in [0.2, 0.25) is 5.75 Å². The highest BCUT2D eigenvalue weighted by atomic mass is 35.5. The zero-order chi connectivity index (χ0) is 29.9. The number of hydrogen-bond donors (Lipinski definition) is 0. The molecule has 9 heteroatoms. The molecule has 0 spiro atoms. The Labute approximate surface area is 247 Å². The third-order valence-electron chi connectivity index (χ3n) is 8.15. The SMILES string of the molecule is CCN1C2=C(C(=O)CC(C)(C)C2)C(c2cc(Cl)c(OS(=O)(=O)c3ccccc3)c(OC)c2)C2=C1CC(C)(C)CC2=O. The average molecular weight is 598 g/mol. The van der Waals surface area contributed by atoms with Crippen molar-refractivity contribution in [3.63, 3.8) is 0 Å². The lowest BCUT2D eigenvalue weighted by atomic mass is 9.63. The second-order valence-electron chi connectivity index (χ2n) is 12.7. The molecule has 218 valence electrons. The average Bonchev–Trinajstić information content (AvgIpc) is 2.87. The number of rotatable bonds is 6. The van der Waals surface area contributed by atoms with Gasteiger partial charge in [-0.3, -0.25) is 9.59 Å². The van der Waals surface area contributed by atoms with Crippen LogP contribution in [0.1, 0.15) is 71.8 Å². The van der Waals surface area contributed by atoms with Crippen LogP contribution < -0.4 is 8.92 Å². The summed E-state index contributed by atoms with van der Waals surface area (Å²) in [7, 11) is -2.80. The largest absolute Gasteiger partial charge is 0.493 e. The number of ketones is 2. The first-order chi connectivity index (χ1) is 19.2. The van der Waals surface area contributed by atoms with Crippen LogP contribution in [0.5, 0.6) is 11.5 Å². The Morgan fingerprint density at radius 3 is 1.93 bits per heavy atom. The van der Waals surface area contributed by atoms with Crippen LogP contribution in [-0.2, 0) is 19.7 Å². The van der Waals surface area contributed by atoms with E-state index in [4.69, 9.17) is 20.5 Å². The van der Waals surface area contributed by atoms with E-state index >= 15 is 0 Å². The standard InChI is InChI=1S/C32H36ClNO6S/c1-7-34-22-15-31(2,3)17-24(35)28(22)27(29-23(34)16-32(4,5)18-25(29)36)19-13-21(33)30(26(14-19)39-6)40-41(37,38)20-11-9-8-10-12-20/h8-14,27H,7,15-18H2,1-6H3. The molecule has 0 saturated heterocycles. The summed E-state index contributed by atoms with van der Waals surface area (Å²) in [6, 6.07) is 11.0. The molecule has 7 nitrogen and oxygen atoms in total. The van der Waals surface area contributed by atoms with Crippen LogP contribution in [-0.4, -0.2) is 38.5 Å². The predicted molar refractivity (Wildman–Crippen MR) is 157 cm³/mol. The Kier molecular flexibility index (Phi) is 7.40. The van der Waals surface area contributed by atoms with Crippen molar-refractivity contribution >= 4 is 33.3 Å². The first kappa shape index (κ1) is 29.4. The minimum absolute atomic E-state index is 0.00551. The van der Waals surface area contributed by atoms with Gasteiger partial charge in [-0.1, -0.05) is 57.5 Å². The van der Waals surface area contributed by atoms with E-state index in [2.05, 4.69) is 32.6 Å². The molecule has 3 aliphatic rings. The minimum atomic E-state index is -4.20. The predicted octanol–water partition coefficient (Wildman–Crippen LogP) is 6.82. The summed E-state index contributed by atoms with van der Waals surface area (Å²) >= 11 is 6.71. The molecule has 2 aromatic carbocycles. The van der Waals surface area contributed by atoms with Crippen LogP contribution in [0.25, 0.3) is 0 Å². The fourth-order valence-corrected chi connectivity index (χ4v) is 7.78. The van der Waals surface area contributed by atoms with E-state index in [1.807, 2.05) is 6.92 Å². The number of allylic oxidation sites excluding steroid dienone is 4. The van der Waals surface area contributed by atoms with Crippen molar-refractivity contribution in [1.29, 1.82) is 0 Å². The van der Waals surface area contributed by atoms with E-state index in [1.165, 1.54) is 19.2 Å². The van der Waals surface area contributed by atoms with Gasteiger partial charge in [-0.2, -0.15) is 8.42 Å². The van der Waals surface area contributed by atoms with Gasteiger partial charge in [0, 0.05) is 47.8 Å². The molecule has 2 aliphatic carbocycles. The lowest BCUT2D eigenvalue weighted by molar-refractivity contribution is -0.119. The van der Waals surface area contributed by atoms with Crippen LogP contribution in [0.3, 0.4) is 0 Å². The maximum Gasteiger partial charge on any atom is 0.339 e. The zero-order valence-electron chi connectivity index (χ0n) is 24.3. The highest BCUT2D eigenvalue weighted by molar-refractivity contribution is 7.87. The van der Waals surface area contributed by atoms with Crippen LogP contribution in [0.4, 0.5) is 0 Å². The number of hydrogen-bond acceptors (Lipinski definition) is 7. The van der Waals surface area contributed by atoms with Gasteiger partial charge in [-0.25, -0.2) is 0 Å². The van der Waals surface area contributed by atoms with Crippen LogP contribution in [0.2, 0.25) is 5.02 Å². The highest BCUT2D eigenvalue weighted by Crippen LogP contribution is 2.55. The van der Waals surface area contributed by atoms with E-state index in [9.17, 15) is 18.0 Å². The number of ether oxygens (including phenoxy) is 1. The first-order valence-electron chi connectivity index (χ1n) is 13.8. The Morgan fingerprint density at radius 1 is 0.902 bits per heavy atom. The summed E-state index contributed by atoms with van der Waals surface area (Å²) in [4.78, 5) is 29.9. The van der Waals surface area contributed by atoms with Gasteiger partial charge in [-0.15, -0.1) is 0 Å². The fourth-order valence-electron chi connectivity index (χ4n) is 6.50. The Bertz CT molecular complexity index is 1550. The molecule has 5 rings (SSSR count). The van der Waals surface area contributed by atoms with Crippen molar-refractivity contribution in [3.05, 3.63) is 75.6 Å². The number of nitrogens with zero attached hydrogens (tertiary/aromatic N) is 1. The quantitative estimate of drug-likeness (QED) is 0.337. The summed E-state index contributed by atoms with van der Waals surface area (Å²) in [5.74, 6) is -0.678. The van der Waals surface area contributed by atoms with Gasteiger partial charge in [0.1, 0.15) is 4.90 Å². The van der Waals surface area contributed by atoms with Crippen molar-refractivity contribution in [2.24, 2.45) is 10.8 Å². The number of carbonyl (C=O) groups excluding carboxylic acids is 2. The van der Waals surface area contributed by atoms with Gasteiger partial charge in [-0.05, 0) is 60.4 Å². The van der Waals surface area contributed by atoms with Crippen LogP contribution >= 0.6 is 11.6 Å². The fraction of sp³-hybridized carbons (Fsp3) is 0.438. The second-order valence-corrected chi connectivity index (χ2v) is 14.6. The summed E-state index contributed by atoms with van der Waals surface area (Å²) in [5, 5.41) is 0.00764. The molecule has 2 aromatic rings. The van der Waals surface area contributed by atoms with Crippen LogP contribution in [0, 0.1) is 10.8 Å². The minimum Gasteiger partial charge on any atom is -0.493 e. The molecule has 0 N–H and O–H groups in total. The topological polar surface area (TPSA) is 90.0 Å². The molecule has 0 aromatic heterocycles. The molecular weight excluding hydrogens is 562 g/mol. The first-order valence-corrected chi connectivity index (χ1v) is 15.6. The normalized spacial score (nSPS) is 20.6. The lowest BCUT2D eigenvalue weighted by Crippen LogP contribution is -2.44. The maximum atomic E-state index is 13.9. The van der Waals surface area contributed by atoms with Crippen molar-refractivity contribution < 1.29 is 26.9 Å².